The summed E-state index contributed by atoms with van der Waals surface area (Å²) in [7, 11) is -3.72. The molecule has 1 amide bonds. The van der Waals surface area contributed by atoms with Gasteiger partial charge in [-0.05, 0) is 25.3 Å². The Hall–Kier alpha value is -2.57. The van der Waals surface area contributed by atoms with Crippen molar-refractivity contribution in [3.63, 3.8) is 0 Å². The minimum atomic E-state index is -3.72. The smallest absolute Gasteiger partial charge is 0.262 e. The minimum absolute atomic E-state index is 0.0953. The Labute approximate surface area is 176 Å². The first-order valence-electron chi connectivity index (χ1n) is 9.42. The number of thiophene rings is 1. The summed E-state index contributed by atoms with van der Waals surface area (Å²) in [5.41, 5.74) is 0.164. The third-order valence-electron chi connectivity index (χ3n) is 5.17. The van der Waals surface area contributed by atoms with E-state index in [0.717, 1.165) is 0 Å². The number of nitrogens with zero attached hydrogens (tertiary/aromatic N) is 5. The summed E-state index contributed by atoms with van der Waals surface area (Å²) < 4.78 is 33.5. The average Bonchev–Trinajstić information content (AvgIpc) is 3.34. The summed E-state index contributed by atoms with van der Waals surface area (Å²) in [5, 5.41) is 6.08. The highest BCUT2D eigenvalue weighted by molar-refractivity contribution is 7.89. The molecule has 0 unspecified atom stereocenters. The van der Waals surface area contributed by atoms with Crippen LogP contribution in [-0.2, 0) is 21.4 Å². The lowest BCUT2D eigenvalue weighted by Gasteiger charge is -2.34. The van der Waals surface area contributed by atoms with Gasteiger partial charge in [-0.1, -0.05) is 5.16 Å². The van der Waals surface area contributed by atoms with Gasteiger partial charge in [0.05, 0.1) is 11.7 Å². The minimum Gasteiger partial charge on any atom is -0.360 e. The molecule has 0 saturated carbocycles. The Balaban J connectivity index is 1.37. The molecular formula is C18H21N5O5S2. The zero-order valence-corrected chi connectivity index (χ0v) is 18.2. The van der Waals surface area contributed by atoms with E-state index in [0.29, 0.717) is 15.9 Å². The normalized spacial score (nSPS) is 15.7. The van der Waals surface area contributed by atoms with Crippen LogP contribution in [0.15, 0.2) is 32.0 Å². The molecule has 10 nitrogen and oxygen atoms in total. The maximum Gasteiger partial charge on any atom is 0.262 e. The summed E-state index contributed by atoms with van der Waals surface area (Å²) in [6.45, 7) is 4.36. The van der Waals surface area contributed by atoms with Crippen molar-refractivity contribution in [2.24, 2.45) is 0 Å². The van der Waals surface area contributed by atoms with Crippen LogP contribution in [0.25, 0.3) is 10.2 Å². The number of piperazine rings is 1. The number of sulfonamides is 1. The SMILES string of the molecule is Cc1noc(C)c1S(=O)(=O)N1CCN(C(=O)CCn2cnc3sccc3c2=O)CC1. The van der Waals surface area contributed by atoms with Crippen LogP contribution in [0.5, 0.6) is 0 Å². The van der Waals surface area contributed by atoms with Crippen molar-refractivity contribution in [3.05, 3.63) is 39.6 Å². The van der Waals surface area contributed by atoms with E-state index in [1.807, 2.05) is 5.38 Å². The molecule has 3 aromatic rings. The lowest BCUT2D eigenvalue weighted by Crippen LogP contribution is -2.50. The van der Waals surface area contributed by atoms with E-state index in [2.05, 4.69) is 10.1 Å². The first-order valence-corrected chi connectivity index (χ1v) is 11.7. The fraction of sp³-hybridized carbons (Fsp3) is 0.444. The van der Waals surface area contributed by atoms with Gasteiger partial charge in [0.1, 0.15) is 15.4 Å². The molecule has 4 rings (SSSR count). The third kappa shape index (κ3) is 3.66. The molecule has 1 fully saturated rings. The van der Waals surface area contributed by atoms with E-state index in [9.17, 15) is 18.0 Å². The van der Waals surface area contributed by atoms with Gasteiger partial charge in [0.2, 0.25) is 15.9 Å². The first kappa shape index (κ1) is 20.7. The largest absolute Gasteiger partial charge is 0.360 e. The van der Waals surface area contributed by atoms with Crippen LogP contribution < -0.4 is 5.56 Å². The van der Waals surface area contributed by atoms with E-state index in [1.165, 1.54) is 26.5 Å². The third-order valence-corrected chi connectivity index (χ3v) is 8.14. The zero-order valence-electron chi connectivity index (χ0n) is 16.6. The summed E-state index contributed by atoms with van der Waals surface area (Å²) >= 11 is 1.40. The molecule has 30 heavy (non-hydrogen) atoms. The molecule has 4 heterocycles. The molecule has 1 aliphatic heterocycles. The fourth-order valence-electron chi connectivity index (χ4n) is 3.58. The van der Waals surface area contributed by atoms with Gasteiger partial charge < -0.3 is 9.42 Å². The number of aryl methyl sites for hydroxylation is 3. The Morgan fingerprint density at radius 1 is 1.23 bits per heavy atom. The van der Waals surface area contributed by atoms with Crippen molar-refractivity contribution in [1.29, 1.82) is 0 Å². The molecule has 0 atom stereocenters. The van der Waals surface area contributed by atoms with Gasteiger partial charge in [0, 0.05) is 39.1 Å². The van der Waals surface area contributed by atoms with Crippen LogP contribution >= 0.6 is 11.3 Å². The van der Waals surface area contributed by atoms with Crippen LogP contribution in [0.2, 0.25) is 0 Å². The van der Waals surface area contributed by atoms with Gasteiger partial charge in [-0.3, -0.25) is 14.2 Å². The number of carbonyl (C=O) groups is 1. The molecule has 3 aromatic heterocycles. The van der Waals surface area contributed by atoms with Gasteiger partial charge in [-0.2, -0.15) is 4.31 Å². The van der Waals surface area contributed by atoms with E-state index in [-0.39, 0.29) is 61.3 Å². The van der Waals surface area contributed by atoms with E-state index >= 15 is 0 Å². The second-order valence-electron chi connectivity index (χ2n) is 7.07. The number of carbonyl (C=O) groups excluding carboxylic acids is 1. The molecule has 0 bridgehead atoms. The average molecular weight is 452 g/mol. The topological polar surface area (TPSA) is 119 Å². The molecule has 0 spiro atoms. The zero-order chi connectivity index (χ0) is 21.5. The summed E-state index contributed by atoms with van der Waals surface area (Å²) in [6.07, 6.45) is 1.61. The summed E-state index contributed by atoms with van der Waals surface area (Å²) in [5.74, 6) is 0.134. The first-order chi connectivity index (χ1) is 14.3. The van der Waals surface area contributed by atoms with Crippen molar-refractivity contribution in [2.45, 2.75) is 31.7 Å². The number of rotatable bonds is 5. The number of aromatic nitrogens is 3. The van der Waals surface area contributed by atoms with E-state index in [1.54, 1.807) is 24.8 Å². The highest BCUT2D eigenvalue weighted by atomic mass is 32.2. The Kier molecular flexibility index (Phi) is 5.47. The van der Waals surface area contributed by atoms with E-state index in [4.69, 9.17) is 4.52 Å². The number of fused-ring (bicyclic) bond motifs is 1. The molecule has 0 N–H and O–H groups in total. The van der Waals surface area contributed by atoms with Gasteiger partial charge >= 0.3 is 0 Å². The lowest BCUT2D eigenvalue weighted by atomic mass is 10.3. The molecule has 0 aromatic carbocycles. The monoisotopic (exact) mass is 451 g/mol. The van der Waals surface area contributed by atoms with Crippen LogP contribution in [-0.4, -0.2) is 64.4 Å². The second kappa shape index (κ2) is 7.93. The van der Waals surface area contributed by atoms with Crippen molar-refractivity contribution in [3.8, 4) is 0 Å². The van der Waals surface area contributed by atoms with Crippen molar-refractivity contribution >= 4 is 37.5 Å². The van der Waals surface area contributed by atoms with Crippen molar-refractivity contribution in [1.82, 2.24) is 23.9 Å². The molecule has 0 radical (unpaired) electrons. The predicted molar refractivity (Wildman–Crippen MR) is 110 cm³/mol. The van der Waals surface area contributed by atoms with E-state index < -0.39 is 10.0 Å². The highest BCUT2D eigenvalue weighted by Crippen LogP contribution is 2.24. The van der Waals surface area contributed by atoms with Crippen molar-refractivity contribution in [2.75, 3.05) is 26.2 Å². The molecule has 1 saturated heterocycles. The Morgan fingerprint density at radius 2 is 1.97 bits per heavy atom. The van der Waals surface area contributed by atoms with Crippen LogP contribution in [0.3, 0.4) is 0 Å². The Morgan fingerprint density at radius 3 is 2.63 bits per heavy atom. The molecule has 1 aliphatic rings. The second-order valence-corrected chi connectivity index (χ2v) is 9.84. The maximum atomic E-state index is 12.9. The van der Waals surface area contributed by atoms with Gasteiger partial charge in [-0.15, -0.1) is 11.3 Å². The van der Waals surface area contributed by atoms with Crippen molar-refractivity contribution < 1.29 is 17.7 Å². The fourth-order valence-corrected chi connectivity index (χ4v) is 6.01. The number of hydrogen-bond donors (Lipinski definition) is 0. The molecule has 12 heteroatoms. The Bertz CT molecular complexity index is 1230. The van der Waals surface area contributed by atoms with Crippen LogP contribution in [0, 0.1) is 13.8 Å². The van der Waals surface area contributed by atoms with Gasteiger partial charge in [0.25, 0.3) is 5.56 Å². The number of amides is 1. The quantitative estimate of drug-likeness (QED) is 0.567. The van der Waals surface area contributed by atoms with Crippen LogP contribution in [0.1, 0.15) is 17.9 Å². The molecule has 160 valence electrons. The standard InChI is InChI=1S/C18H21N5O5S2/c1-12-16(13(2)28-20-12)30(26,27)23-8-6-21(7-9-23)15(24)3-5-22-11-19-17-14(18(22)25)4-10-29-17/h4,10-11H,3,5-9H2,1-2H3. The van der Waals surface area contributed by atoms with Gasteiger partial charge in [-0.25, -0.2) is 13.4 Å². The highest BCUT2D eigenvalue weighted by Gasteiger charge is 2.34. The molecule has 0 aliphatic carbocycles. The predicted octanol–water partition coefficient (Wildman–Crippen LogP) is 0.986. The van der Waals surface area contributed by atoms with Gasteiger partial charge in [0.15, 0.2) is 5.76 Å². The maximum absolute atomic E-state index is 12.9. The lowest BCUT2D eigenvalue weighted by molar-refractivity contribution is -0.132. The molecular weight excluding hydrogens is 430 g/mol. The summed E-state index contributed by atoms with van der Waals surface area (Å²) in [6, 6.07) is 1.73. The number of hydrogen-bond acceptors (Lipinski definition) is 8. The summed E-state index contributed by atoms with van der Waals surface area (Å²) in [4.78, 5) is 31.6. The van der Waals surface area contributed by atoms with Crippen LogP contribution in [0.4, 0.5) is 0 Å².